The Kier molecular flexibility index (Phi) is 5.93. The molecule has 1 N–H and O–H groups in total. The van der Waals surface area contributed by atoms with Crippen LogP contribution in [0.3, 0.4) is 0 Å². The molecule has 0 aromatic heterocycles. The Labute approximate surface area is 151 Å². The molecule has 0 spiro atoms. The molecule has 2 rings (SSSR count). The lowest BCUT2D eigenvalue weighted by atomic mass is 9.98. The van der Waals surface area contributed by atoms with Crippen molar-refractivity contribution in [2.24, 2.45) is 0 Å². The minimum absolute atomic E-state index is 0.00364. The summed E-state index contributed by atoms with van der Waals surface area (Å²) in [6.45, 7) is 8.00. The normalized spacial score (nSPS) is 21.3. The van der Waals surface area contributed by atoms with Crippen molar-refractivity contribution in [2.75, 3.05) is 11.9 Å². The minimum atomic E-state index is -4.70. The van der Waals surface area contributed by atoms with Crippen LogP contribution in [0.25, 0.3) is 0 Å². The molecule has 1 aromatic rings. The van der Waals surface area contributed by atoms with Gasteiger partial charge in [-0.2, -0.15) is 0 Å². The highest BCUT2D eigenvalue weighted by atomic mass is 19.4. The number of anilines is 1. The average Bonchev–Trinajstić information content (AvgIpc) is 2.46. The number of piperidine rings is 1. The Morgan fingerprint density at radius 2 is 1.81 bits per heavy atom. The van der Waals surface area contributed by atoms with E-state index < -0.39 is 12.0 Å². The molecule has 0 radical (unpaired) electrons. The number of nitrogens with one attached hydrogen (secondary N) is 1. The smallest absolute Gasteiger partial charge is 0.444 e. The van der Waals surface area contributed by atoms with Crippen molar-refractivity contribution in [3.8, 4) is 5.75 Å². The highest BCUT2D eigenvalue weighted by Crippen LogP contribution is 2.26. The van der Waals surface area contributed by atoms with Gasteiger partial charge in [0.15, 0.2) is 0 Å². The van der Waals surface area contributed by atoms with Crippen LogP contribution in [0.4, 0.5) is 23.7 Å². The number of benzene rings is 1. The van der Waals surface area contributed by atoms with E-state index in [4.69, 9.17) is 4.74 Å². The van der Waals surface area contributed by atoms with Crippen molar-refractivity contribution in [2.45, 2.75) is 64.6 Å². The summed E-state index contributed by atoms with van der Waals surface area (Å²) in [5, 5.41) is 3.29. The fourth-order valence-corrected chi connectivity index (χ4v) is 2.88. The molecular weight excluding hydrogens is 349 g/mol. The van der Waals surface area contributed by atoms with Crippen LogP contribution in [0.5, 0.6) is 5.75 Å². The largest absolute Gasteiger partial charge is 0.573 e. The van der Waals surface area contributed by atoms with Gasteiger partial charge in [-0.15, -0.1) is 13.2 Å². The monoisotopic (exact) mass is 374 g/mol. The van der Waals surface area contributed by atoms with Gasteiger partial charge in [0, 0.05) is 24.3 Å². The molecule has 146 valence electrons. The van der Waals surface area contributed by atoms with Crippen molar-refractivity contribution in [3.05, 3.63) is 24.3 Å². The average molecular weight is 374 g/mol. The Morgan fingerprint density at radius 3 is 2.31 bits per heavy atom. The van der Waals surface area contributed by atoms with Gasteiger partial charge in [0.1, 0.15) is 11.4 Å². The summed E-state index contributed by atoms with van der Waals surface area (Å²) >= 11 is 0. The number of carbonyl (C=O) groups excluding carboxylic acids is 1. The van der Waals surface area contributed by atoms with E-state index in [0.717, 1.165) is 12.8 Å². The van der Waals surface area contributed by atoms with Crippen LogP contribution in [0.1, 0.15) is 40.5 Å². The molecule has 5 nitrogen and oxygen atoms in total. The number of hydrogen-bond donors (Lipinski definition) is 1. The summed E-state index contributed by atoms with van der Waals surface area (Å²) in [5.41, 5.74) is 0.175. The Hall–Kier alpha value is -2.12. The van der Waals surface area contributed by atoms with E-state index in [2.05, 4.69) is 10.1 Å². The summed E-state index contributed by atoms with van der Waals surface area (Å²) in [4.78, 5) is 13.9. The number of alkyl halides is 3. The fraction of sp³-hybridized carbons (Fsp3) is 0.611. The van der Waals surface area contributed by atoms with Gasteiger partial charge in [0.05, 0.1) is 0 Å². The first-order chi connectivity index (χ1) is 11.9. The number of ether oxygens (including phenoxy) is 2. The summed E-state index contributed by atoms with van der Waals surface area (Å²) in [6.07, 6.45) is -3.57. The summed E-state index contributed by atoms with van der Waals surface area (Å²) in [5.74, 6) is -0.254. The van der Waals surface area contributed by atoms with E-state index in [1.165, 1.54) is 12.1 Å². The van der Waals surface area contributed by atoms with E-state index >= 15 is 0 Å². The lowest BCUT2D eigenvalue weighted by Gasteiger charge is -2.38. The molecule has 0 aliphatic carbocycles. The highest BCUT2D eigenvalue weighted by Gasteiger charge is 2.32. The highest BCUT2D eigenvalue weighted by molar-refractivity contribution is 5.68. The van der Waals surface area contributed by atoms with Crippen molar-refractivity contribution in [3.63, 3.8) is 0 Å². The summed E-state index contributed by atoms with van der Waals surface area (Å²) < 4.78 is 45.8. The van der Waals surface area contributed by atoms with E-state index in [1.54, 1.807) is 17.0 Å². The number of hydrogen-bond acceptors (Lipinski definition) is 4. The molecule has 1 aliphatic heterocycles. The Morgan fingerprint density at radius 1 is 1.19 bits per heavy atom. The molecule has 2 atom stereocenters. The number of halogens is 3. The van der Waals surface area contributed by atoms with Gasteiger partial charge in [-0.3, -0.25) is 0 Å². The number of carbonyl (C=O) groups is 1. The Bertz CT molecular complexity index is 612. The lowest BCUT2D eigenvalue weighted by molar-refractivity contribution is -0.274. The zero-order chi connectivity index (χ0) is 19.5. The van der Waals surface area contributed by atoms with Gasteiger partial charge in [-0.1, -0.05) is 0 Å². The topological polar surface area (TPSA) is 50.8 Å². The maximum Gasteiger partial charge on any atom is 0.573 e. The molecule has 1 saturated heterocycles. The third-order valence-electron chi connectivity index (χ3n) is 3.96. The second-order valence-electron chi connectivity index (χ2n) is 7.46. The predicted molar refractivity (Wildman–Crippen MR) is 92.2 cm³/mol. The molecule has 26 heavy (non-hydrogen) atoms. The molecule has 2 unspecified atom stereocenters. The quantitative estimate of drug-likeness (QED) is 0.827. The van der Waals surface area contributed by atoms with Crippen molar-refractivity contribution in [1.29, 1.82) is 0 Å². The van der Waals surface area contributed by atoms with Crippen molar-refractivity contribution >= 4 is 11.8 Å². The van der Waals surface area contributed by atoms with Crippen LogP contribution < -0.4 is 10.1 Å². The number of amides is 1. The zero-order valence-electron chi connectivity index (χ0n) is 15.4. The molecule has 1 amide bonds. The van der Waals surface area contributed by atoms with E-state index in [1.807, 2.05) is 27.7 Å². The van der Waals surface area contributed by atoms with Crippen molar-refractivity contribution < 1.29 is 27.4 Å². The predicted octanol–water partition coefficient (Wildman–Crippen LogP) is 4.79. The zero-order valence-corrected chi connectivity index (χ0v) is 15.4. The molecule has 1 aliphatic rings. The summed E-state index contributed by atoms with van der Waals surface area (Å²) in [7, 11) is 0. The third kappa shape index (κ3) is 6.31. The van der Waals surface area contributed by atoms with Crippen LogP contribution in [0, 0.1) is 0 Å². The van der Waals surface area contributed by atoms with Gasteiger partial charge >= 0.3 is 12.5 Å². The first-order valence-electron chi connectivity index (χ1n) is 8.55. The van der Waals surface area contributed by atoms with Crippen LogP contribution in [-0.2, 0) is 4.74 Å². The van der Waals surface area contributed by atoms with Crippen LogP contribution in [0.15, 0.2) is 24.3 Å². The van der Waals surface area contributed by atoms with Gasteiger partial charge in [-0.25, -0.2) is 4.79 Å². The molecule has 1 heterocycles. The molecular formula is C18H25F3N2O3. The summed E-state index contributed by atoms with van der Waals surface area (Å²) in [6, 6.07) is 5.77. The number of rotatable bonds is 3. The van der Waals surface area contributed by atoms with Gasteiger partial charge in [0.2, 0.25) is 0 Å². The molecule has 8 heteroatoms. The number of likely N-dealkylation sites (tertiary alicyclic amines) is 1. The van der Waals surface area contributed by atoms with E-state index in [9.17, 15) is 18.0 Å². The first-order valence-corrected chi connectivity index (χ1v) is 8.55. The van der Waals surface area contributed by atoms with Gasteiger partial charge < -0.3 is 19.7 Å². The van der Waals surface area contributed by atoms with Gasteiger partial charge in [-0.05, 0) is 64.8 Å². The van der Waals surface area contributed by atoms with Crippen LogP contribution in [-0.4, -0.2) is 41.6 Å². The second-order valence-corrected chi connectivity index (χ2v) is 7.46. The third-order valence-corrected chi connectivity index (χ3v) is 3.96. The molecule has 1 fully saturated rings. The molecule has 1 aromatic carbocycles. The SMILES string of the molecule is CC1CC(Nc2ccc(OC(F)(F)F)cc2)CCN1C(=O)OC(C)(C)C. The standard InChI is InChI=1S/C18H25F3N2O3/c1-12-11-14(9-10-23(12)16(24)26-17(2,3)4)22-13-5-7-15(8-6-13)25-18(19,20)21/h5-8,12,14,22H,9-11H2,1-4H3. The van der Waals surface area contributed by atoms with Crippen LogP contribution in [0.2, 0.25) is 0 Å². The number of nitrogens with zero attached hydrogens (tertiary/aromatic N) is 1. The maximum absolute atomic E-state index is 12.2. The lowest BCUT2D eigenvalue weighted by Crippen LogP contribution is -2.49. The second kappa shape index (κ2) is 7.63. The van der Waals surface area contributed by atoms with E-state index in [0.29, 0.717) is 12.2 Å². The fourth-order valence-electron chi connectivity index (χ4n) is 2.88. The maximum atomic E-state index is 12.2. The van der Waals surface area contributed by atoms with Crippen LogP contribution >= 0.6 is 0 Å². The Balaban J connectivity index is 1.88. The van der Waals surface area contributed by atoms with Crippen molar-refractivity contribution in [1.82, 2.24) is 4.90 Å². The van der Waals surface area contributed by atoms with E-state index in [-0.39, 0.29) is 23.9 Å². The molecule has 0 saturated carbocycles. The molecule has 0 bridgehead atoms. The van der Waals surface area contributed by atoms with Gasteiger partial charge in [0.25, 0.3) is 0 Å². The minimum Gasteiger partial charge on any atom is -0.444 e. The first kappa shape index (κ1) is 20.2.